The molecular weight excluding hydrogens is 270 g/mol. The van der Waals surface area contributed by atoms with E-state index in [4.69, 9.17) is 0 Å². The van der Waals surface area contributed by atoms with Gasteiger partial charge in [0.25, 0.3) is 5.69 Å². The molecule has 16 heavy (non-hydrogen) atoms. The summed E-state index contributed by atoms with van der Waals surface area (Å²) < 4.78 is 0.602. The van der Waals surface area contributed by atoms with E-state index in [2.05, 4.69) is 15.9 Å². The zero-order valence-electron chi connectivity index (χ0n) is 9.20. The van der Waals surface area contributed by atoms with Crippen LogP contribution in [-0.2, 0) is 0 Å². The molecule has 3 nitrogen and oxygen atoms in total. The highest BCUT2D eigenvalue weighted by atomic mass is 79.9. The lowest BCUT2D eigenvalue weighted by atomic mass is 9.93. The summed E-state index contributed by atoms with van der Waals surface area (Å²) in [5.41, 5.74) is 2.48. The largest absolute Gasteiger partial charge is 0.283 e. The summed E-state index contributed by atoms with van der Waals surface area (Å²) in [6.45, 7) is 1.97. The van der Waals surface area contributed by atoms with E-state index >= 15 is 0 Å². The first kappa shape index (κ1) is 11.6. The zero-order chi connectivity index (χ0) is 11.7. The molecule has 1 saturated carbocycles. The number of nitro groups is 1. The van der Waals surface area contributed by atoms with Crippen molar-refractivity contribution in [3.05, 3.63) is 37.8 Å². The average Bonchev–Trinajstić information content (AvgIpc) is 2.73. The van der Waals surface area contributed by atoms with Crippen molar-refractivity contribution in [3.63, 3.8) is 0 Å². The zero-order valence-corrected chi connectivity index (χ0v) is 10.8. The van der Waals surface area contributed by atoms with Crippen LogP contribution in [0.3, 0.4) is 0 Å². The minimum Gasteiger partial charge on any atom is -0.258 e. The first-order chi connectivity index (χ1) is 7.59. The van der Waals surface area contributed by atoms with Crippen LogP contribution in [0.5, 0.6) is 0 Å². The van der Waals surface area contributed by atoms with Crippen LogP contribution in [-0.4, -0.2) is 4.92 Å². The molecule has 0 N–H and O–H groups in total. The van der Waals surface area contributed by atoms with Crippen molar-refractivity contribution in [2.24, 2.45) is 0 Å². The minimum atomic E-state index is -0.338. The Morgan fingerprint density at radius 2 is 2.00 bits per heavy atom. The smallest absolute Gasteiger partial charge is 0.258 e. The number of hydrogen-bond acceptors (Lipinski definition) is 2. The molecule has 1 aliphatic carbocycles. The molecular formula is C12H14BrNO2. The van der Waals surface area contributed by atoms with Gasteiger partial charge in [0.2, 0.25) is 0 Å². The lowest BCUT2D eigenvalue weighted by Crippen LogP contribution is -1.98. The van der Waals surface area contributed by atoms with Gasteiger partial charge in [-0.3, -0.25) is 10.1 Å². The van der Waals surface area contributed by atoms with Gasteiger partial charge in [0.1, 0.15) is 0 Å². The first-order valence-corrected chi connectivity index (χ1v) is 6.33. The summed E-state index contributed by atoms with van der Waals surface area (Å²) in [6.07, 6.45) is 4.98. The molecule has 0 atom stereocenters. The summed E-state index contributed by atoms with van der Waals surface area (Å²) in [5.74, 6) is 0.595. The van der Waals surface area contributed by atoms with Crippen molar-refractivity contribution >= 4 is 21.6 Å². The van der Waals surface area contributed by atoms with E-state index in [9.17, 15) is 10.1 Å². The average molecular weight is 284 g/mol. The Labute approximate surface area is 103 Å². The topological polar surface area (TPSA) is 43.1 Å². The van der Waals surface area contributed by atoms with Crippen molar-refractivity contribution in [3.8, 4) is 0 Å². The molecule has 0 aliphatic heterocycles. The van der Waals surface area contributed by atoms with Crippen LogP contribution in [0.15, 0.2) is 16.6 Å². The van der Waals surface area contributed by atoms with Gasteiger partial charge >= 0.3 is 0 Å². The lowest BCUT2D eigenvalue weighted by molar-refractivity contribution is -0.385. The molecule has 86 valence electrons. The Morgan fingerprint density at radius 3 is 2.56 bits per heavy atom. The molecule has 0 bridgehead atoms. The van der Waals surface area contributed by atoms with Crippen LogP contribution < -0.4 is 0 Å². The SMILES string of the molecule is Cc1cc([N+](=O)[O-])c(Br)cc1C1CCCC1. The highest BCUT2D eigenvalue weighted by Gasteiger charge is 2.22. The second kappa shape index (κ2) is 4.53. The Morgan fingerprint density at radius 1 is 1.38 bits per heavy atom. The highest BCUT2D eigenvalue weighted by Crippen LogP contribution is 2.39. The van der Waals surface area contributed by atoms with Gasteiger partial charge in [0.15, 0.2) is 0 Å². The van der Waals surface area contributed by atoms with E-state index in [0.29, 0.717) is 10.4 Å². The quantitative estimate of drug-likeness (QED) is 0.599. The second-order valence-electron chi connectivity index (χ2n) is 4.40. The highest BCUT2D eigenvalue weighted by molar-refractivity contribution is 9.10. The van der Waals surface area contributed by atoms with Gasteiger partial charge in [-0.1, -0.05) is 12.8 Å². The number of rotatable bonds is 2. The monoisotopic (exact) mass is 283 g/mol. The van der Waals surface area contributed by atoms with Gasteiger partial charge < -0.3 is 0 Å². The molecule has 0 amide bonds. The predicted molar refractivity (Wildman–Crippen MR) is 66.7 cm³/mol. The third kappa shape index (κ3) is 2.12. The maximum atomic E-state index is 10.8. The molecule has 0 heterocycles. The van der Waals surface area contributed by atoms with Gasteiger partial charge in [0, 0.05) is 6.07 Å². The van der Waals surface area contributed by atoms with Gasteiger partial charge in [-0.2, -0.15) is 0 Å². The molecule has 0 radical (unpaired) electrons. The maximum Gasteiger partial charge on any atom is 0.283 e. The van der Waals surface area contributed by atoms with Crippen molar-refractivity contribution in [2.45, 2.75) is 38.5 Å². The number of benzene rings is 1. The summed E-state index contributed by atoms with van der Waals surface area (Å²) >= 11 is 3.29. The third-order valence-corrected chi connectivity index (χ3v) is 3.96. The van der Waals surface area contributed by atoms with Gasteiger partial charge in [-0.25, -0.2) is 0 Å². The van der Waals surface area contributed by atoms with Crippen molar-refractivity contribution in [2.75, 3.05) is 0 Å². The van der Waals surface area contributed by atoms with Crippen molar-refractivity contribution < 1.29 is 4.92 Å². The van der Waals surface area contributed by atoms with E-state index in [1.165, 1.54) is 31.2 Å². The maximum absolute atomic E-state index is 10.8. The Balaban J connectivity index is 2.40. The molecule has 1 fully saturated rings. The Hall–Kier alpha value is -0.900. The molecule has 1 aromatic carbocycles. The van der Waals surface area contributed by atoms with Crippen LogP contribution in [0.2, 0.25) is 0 Å². The summed E-state index contributed by atoms with van der Waals surface area (Å²) in [7, 11) is 0. The van der Waals surface area contributed by atoms with Crippen LogP contribution in [0.1, 0.15) is 42.7 Å². The molecule has 1 aromatic rings. The second-order valence-corrected chi connectivity index (χ2v) is 5.25. The first-order valence-electron chi connectivity index (χ1n) is 5.54. The predicted octanol–water partition coefficient (Wildman–Crippen LogP) is 4.32. The minimum absolute atomic E-state index is 0.166. The van der Waals surface area contributed by atoms with E-state index in [1.54, 1.807) is 6.07 Å². The number of nitro benzene ring substituents is 1. The number of nitrogens with zero attached hydrogens (tertiary/aromatic N) is 1. The van der Waals surface area contributed by atoms with Gasteiger partial charge in [0.05, 0.1) is 9.40 Å². The van der Waals surface area contributed by atoms with Crippen molar-refractivity contribution in [1.29, 1.82) is 0 Å². The van der Waals surface area contributed by atoms with Gasteiger partial charge in [-0.05, 0) is 58.8 Å². The molecule has 0 saturated heterocycles. The van der Waals surface area contributed by atoms with Crippen molar-refractivity contribution in [1.82, 2.24) is 0 Å². The van der Waals surface area contributed by atoms with E-state index in [-0.39, 0.29) is 10.6 Å². The van der Waals surface area contributed by atoms with Crippen LogP contribution in [0.4, 0.5) is 5.69 Å². The molecule has 4 heteroatoms. The Bertz CT molecular complexity index is 425. The molecule has 1 aliphatic rings. The molecule has 0 spiro atoms. The van der Waals surface area contributed by atoms with Crippen LogP contribution >= 0.6 is 15.9 Å². The molecule has 2 rings (SSSR count). The molecule has 0 unspecified atom stereocenters. The summed E-state index contributed by atoms with van der Waals surface area (Å²) in [4.78, 5) is 10.4. The fraction of sp³-hybridized carbons (Fsp3) is 0.500. The third-order valence-electron chi connectivity index (χ3n) is 3.33. The number of aryl methyl sites for hydroxylation is 1. The van der Waals surface area contributed by atoms with Gasteiger partial charge in [-0.15, -0.1) is 0 Å². The number of hydrogen-bond donors (Lipinski definition) is 0. The number of halogens is 1. The fourth-order valence-electron chi connectivity index (χ4n) is 2.50. The molecule has 0 aromatic heterocycles. The van der Waals surface area contributed by atoms with E-state index < -0.39 is 0 Å². The lowest BCUT2D eigenvalue weighted by Gasteiger charge is -2.13. The van der Waals surface area contributed by atoms with Crippen LogP contribution in [0, 0.1) is 17.0 Å². The fourth-order valence-corrected chi connectivity index (χ4v) is 3.00. The normalized spacial score (nSPS) is 16.6. The Kier molecular flexibility index (Phi) is 3.28. The van der Waals surface area contributed by atoms with Crippen LogP contribution in [0.25, 0.3) is 0 Å². The van der Waals surface area contributed by atoms with E-state index in [1.807, 2.05) is 13.0 Å². The van der Waals surface area contributed by atoms with E-state index in [0.717, 1.165) is 5.56 Å². The summed E-state index contributed by atoms with van der Waals surface area (Å²) in [5, 5.41) is 10.8. The standard InChI is InChI=1S/C12H14BrNO2/c1-8-6-12(14(15)16)11(13)7-10(8)9-4-2-3-5-9/h6-7,9H,2-5H2,1H3. The summed E-state index contributed by atoms with van der Waals surface area (Å²) in [6, 6.07) is 3.61.